The van der Waals surface area contributed by atoms with Crippen molar-refractivity contribution in [1.82, 2.24) is 16.0 Å². The number of nitrogens with zero attached hydrogens (tertiary/aromatic N) is 1. The van der Waals surface area contributed by atoms with Gasteiger partial charge in [-0.25, -0.2) is 0 Å². The van der Waals surface area contributed by atoms with Gasteiger partial charge in [-0.15, -0.1) is 6.42 Å². The first-order chi connectivity index (χ1) is 19.6. The van der Waals surface area contributed by atoms with Crippen LogP contribution in [0.1, 0.15) is 53.5 Å². The average molecular weight is 584 g/mol. The lowest BCUT2D eigenvalue weighted by molar-refractivity contribution is -0.139. The fourth-order valence-electron chi connectivity index (χ4n) is 3.94. The molecule has 0 atom stereocenters. The third kappa shape index (κ3) is 8.99. The van der Waals surface area contributed by atoms with Crippen LogP contribution in [0.25, 0.3) is 5.57 Å². The summed E-state index contributed by atoms with van der Waals surface area (Å²) in [5.74, 6) is 0.754. The Kier molecular flexibility index (Phi) is 10.8. The zero-order valence-electron chi connectivity index (χ0n) is 22.6. The summed E-state index contributed by atoms with van der Waals surface area (Å²) in [7, 11) is 1.78. The quantitative estimate of drug-likeness (QED) is 0.155. The molecule has 4 rings (SSSR count). The minimum Gasteiger partial charge on any atom is -0.404 e. The van der Waals surface area contributed by atoms with Crippen LogP contribution in [0.5, 0.6) is 0 Å². The van der Waals surface area contributed by atoms with Gasteiger partial charge in [0.15, 0.2) is 0 Å². The van der Waals surface area contributed by atoms with E-state index >= 15 is 0 Å². The third-order valence-electron chi connectivity index (χ3n) is 6.70. The number of nitrogens with two attached hydrogens (primary N) is 1. The second kappa shape index (κ2) is 14.1. The Hall–Kier alpha value is -4.01. The summed E-state index contributed by atoms with van der Waals surface area (Å²) >= 11 is 4.86. The Labute approximate surface area is 242 Å². The number of allylic oxidation sites excluding steroid dienone is 1. The number of carbonyl (C=O) groups is 2. The Bertz CT molecular complexity index is 1370. The molecule has 2 saturated carbocycles. The van der Waals surface area contributed by atoms with Crippen molar-refractivity contribution in [2.75, 3.05) is 13.6 Å². The molecule has 0 aromatic heterocycles. The first-order valence-corrected chi connectivity index (χ1v) is 13.4. The lowest BCUT2D eigenvalue weighted by Gasteiger charge is -2.19. The van der Waals surface area contributed by atoms with E-state index in [1.807, 2.05) is 24.3 Å². The van der Waals surface area contributed by atoms with E-state index in [0.29, 0.717) is 22.7 Å². The van der Waals surface area contributed by atoms with Crippen molar-refractivity contribution in [2.45, 2.75) is 50.0 Å². The first-order valence-electron chi connectivity index (χ1n) is 13.0. The van der Waals surface area contributed by atoms with Crippen molar-refractivity contribution in [3.8, 4) is 12.3 Å². The molecule has 0 radical (unpaired) electrons. The molecule has 41 heavy (non-hydrogen) atoms. The van der Waals surface area contributed by atoms with Gasteiger partial charge in [0.25, 0.3) is 0 Å². The molecule has 2 aliphatic rings. The number of hydrogen-bond donors (Lipinski definition) is 4. The molecular weight excluding hydrogens is 551 g/mol. The van der Waals surface area contributed by atoms with Crippen molar-refractivity contribution in [3.05, 3.63) is 76.5 Å². The maximum absolute atomic E-state index is 13.2. The highest BCUT2D eigenvalue weighted by atomic mass is 32.1. The molecule has 7 nitrogen and oxygen atoms in total. The minimum absolute atomic E-state index is 0.0305. The van der Waals surface area contributed by atoms with Gasteiger partial charge in [0.1, 0.15) is 0 Å². The van der Waals surface area contributed by atoms with Crippen LogP contribution in [0, 0.1) is 12.3 Å². The number of nitrogens with one attached hydrogen (secondary N) is 3. The number of thiocarbonyl (C=S) groups is 1. The van der Waals surface area contributed by atoms with E-state index in [1.54, 1.807) is 19.3 Å². The number of aliphatic imine (C=N–C) groups is 1. The molecule has 0 unspecified atom stereocenters. The monoisotopic (exact) mass is 583 g/mol. The van der Waals surface area contributed by atoms with Gasteiger partial charge in [0, 0.05) is 35.4 Å². The molecule has 2 aliphatic carbocycles. The molecule has 2 fully saturated rings. The van der Waals surface area contributed by atoms with Crippen LogP contribution in [-0.4, -0.2) is 43.0 Å². The topological polar surface area (TPSA) is 109 Å². The molecule has 0 heterocycles. The maximum Gasteiger partial charge on any atom is 0.416 e. The number of alkyl halides is 3. The number of benzene rings is 2. The molecule has 0 saturated heterocycles. The van der Waals surface area contributed by atoms with Gasteiger partial charge in [-0.2, -0.15) is 13.2 Å². The first kappa shape index (κ1) is 31.5. The van der Waals surface area contributed by atoms with E-state index in [-0.39, 0.29) is 18.6 Å². The number of amides is 2. The van der Waals surface area contributed by atoms with Crippen molar-refractivity contribution in [1.29, 1.82) is 0 Å². The predicted molar refractivity (Wildman–Crippen MR) is 158 cm³/mol. The Morgan fingerprint density at radius 3 is 2.41 bits per heavy atom. The highest BCUT2D eigenvalue weighted by molar-refractivity contribution is 7.79. The molecule has 2 amide bonds. The summed E-state index contributed by atoms with van der Waals surface area (Å²) < 4.78 is 39.7. The van der Waals surface area contributed by atoms with Crippen LogP contribution < -0.4 is 21.7 Å². The zero-order chi connectivity index (χ0) is 30.0. The number of hydrogen-bond acceptors (Lipinski definition) is 6. The number of rotatable bonds is 9. The average Bonchev–Trinajstić information content (AvgIpc) is 3.90. The normalized spacial score (nSPS) is 15.7. The molecule has 0 aliphatic heterocycles. The fourth-order valence-corrected chi connectivity index (χ4v) is 4.17. The molecule has 2 aromatic carbocycles. The predicted octanol–water partition coefficient (Wildman–Crippen LogP) is 3.85. The van der Waals surface area contributed by atoms with Crippen LogP contribution >= 0.6 is 12.2 Å². The minimum atomic E-state index is -4.39. The molecular formula is C30H32F3N5O2S. The highest BCUT2D eigenvalue weighted by Gasteiger charge is 2.44. The van der Waals surface area contributed by atoms with Gasteiger partial charge >= 0.3 is 18.0 Å². The van der Waals surface area contributed by atoms with Crippen molar-refractivity contribution >= 4 is 41.2 Å². The van der Waals surface area contributed by atoms with E-state index in [1.165, 1.54) is 17.6 Å². The Balaban J connectivity index is 0.000000233. The van der Waals surface area contributed by atoms with Crippen LogP contribution in [0.2, 0.25) is 0 Å². The number of terminal acetylenes is 1. The van der Waals surface area contributed by atoms with Crippen molar-refractivity contribution < 1.29 is 22.8 Å². The second-order valence-electron chi connectivity index (χ2n) is 9.65. The van der Waals surface area contributed by atoms with E-state index in [4.69, 9.17) is 24.4 Å². The maximum atomic E-state index is 13.2. The number of carbonyl (C=O) groups excluding carboxylic acids is 2. The molecule has 5 N–H and O–H groups in total. The van der Waals surface area contributed by atoms with Crippen LogP contribution in [0.3, 0.4) is 0 Å². The summed E-state index contributed by atoms with van der Waals surface area (Å²) in [4.78, 5) is 27.0. The van der Waals surface area contributed by atoms with E-state index in [9.17, 15) is 22.8 Å². The largest absolute Gasteiger partial charge is 0.416 e. The summed E-state index contributed by atoms with van der Waals surface area (Å²) in [6.45, 7) is 0.272. The third-order valence-corrected chi connectivity index (χ3v) is 6.96. The van der Waals surface area contributed by atoms with Crippen LogP contribution in [0.15, 0.2) is 53.7 Å². The lowest BCUT2D eigenvalue weighted by atomic mass is 9.95. The van der Waals surface area contributed by atoms with Gasteiger partial charge in [-0.1, -0.05) is 42.4 Å². The molecule has 0 bridgehead atoms. The Morgan fingerprint density at radius 1 is 1.17 bits per heavy atom. The summed E-state index contributed by atoms with van der Waals surface area (Å²) in [6, 6.07) is 11.8. The zero-order valence-corrected chi connectivity index (χ0v) is 23.4. The lowest BCUT2D eigenvalue weighted by Crippen LogP contribution is -2.39. The summed E-state index contributed by atoms with van der Waals surface area (Å²) in [6.07, 6.45) is 7.23. The second-order valence-corrected chi connectivity index (χ2v) is 9.88. The standard InChI is InChI=1S/C17H20F3N3.C13H12N2O2S/c1-22-16(4-5-16)13-6-11(7-14(8-13)17(18,19)20)12(9-21)10-23-15-2-3-15;1-2-7-14-12(16)13(17)15-8-10-5-3-4-6-11(10)9-18/h6-10,15,22H,2-5,21H2,1H3;1,3-6,9H,7-8H2,(H,14,16)(H,15,17)/b12-9+,23-10?;. The highest BCUT2D eigenvalue weighted by Crippen LogP contribution is 2.47. The van der Waals surface area contributed by atoms with Gasteiger partial charge in [-0.05, 0) is 73.2 Å². The number of halogens is 3. The van der Waals surface area contributed by atoms with Crippen LogP contribution in [0.4, 0.5) is 13.2 Å². The summed E-state index contributed by atoms with van der Waals surface area (Å²) in [5, 5.41) is 9.45. The molecule has 2 aromatic rings. The van der Waals surface area contributed by atoms with E-state index in [0.717, 1.165) is 42.9 Å². The SMILES string of the molecule is C#CCNC(=O)C(=O)NCc1ccccc1C=S.CNC1(c2cc(/C(C=NC3CC3)=C/N)cc(C(F)(F)F)c2)CC1. The van der Waals surface area contributed by atoms with E-state index in [2.05, 4.69) is 26.9 Å². The summed E-state index contributed by atoms with van der Waals surface area (Å²) in [5.41, 5.74) is 7.97. The van der Waals surface area contributed by atoms with Gasteiger partial charge in [-0.3, -0.25) is 14.6 Å². The van der Waals surface area contributed by atoms with E-state index < -0.39 is 23.6 Å². The van der Waals surface area contributed by atoms with Gasteiger partial charge < -0.3 is 21.7 Å². The van der Waals surface area contributed by atoms with Crippen LogP contribution in [-0.2, 0) is 27.8 Å². The van der Waals surface area contributed by atoms with Gasteiger partial charge in [0.2, 0.25) is 0 Å². The molecule has 216 valence electrons. The van der Waals surface area contributed by atoms with Crippen molar-refractivity contribution in [2.24, 2.45) is 10.7 Å². The van der Waals surface area contributed by atoms with Crippen molar-refractivity contribution in [3.63, 3.8) is 0 Å². The molecule has 11 heteroatoms. The Morgan fingerprint density at radius 2 is 1.85 bits per heavy atom. The molecule has 0 spiro atoms. The smallest absolute Gasteiger partial charge is 0.404 e. The fraction of sp³-hybridized carbons (Fsp3) is 0.333. The van der Waals surface area contributed by atoms with Gasteiger partial charge in [0.05, 0.1) is 18.2 Å².